The molecule has 0 amide bonds. The van der Waals surface area contributed by atoms with Gasteiger partial charge in [0.2, 0.25) is 10.4 Å². The van der Waals surface area contributed by atoms with Gasteiger partial charge in [-0.3, -0.25) is 4.18 Å². The third-order valence-electron chi connectivity index (χ3n) is 3.11. The fourth-order valence-corrected chi connectivity index (χ4v) is 1.98. The van der Waals surface area contributed by atoms with Crippen LogP contribution in [0.15, 0.2) is 0 Å². The van der Waals surface area contributed by atoms with Crippen LogP contribution in [-0.2, 0) is 19.3 Å². The Kier molecular flexibility index (Phi) is 18.7. The Labute approximate surface area is 136 Å². The van der Waals surface area contributed by atoms with Gasteiger partial charge in [0.15, 0.2) is 0 Å². The lowest BCUT2D eigenvalue weighted by Crippen LogP contribution is -2.14. The zero-order chi connectivity index (χ0) is 17.3. The lowest BCUT2D eigenvalue weighted by atomic mass is 10.0. The number of aliphatic hydroxyl groups is 1. The molecule has 0 aliphatic carbocycles. The van der Waals surface area contributed by atoms with Gasteiger partial charge in [-0.05, 0) is 18.8 Å². The summed E-state index contributed by atoms with van der Waals surface area (Å²) in [5.74, 6) is 0.504. The zero-order valence-electron chi connectivity index (χ0n) is 14.3. The first-order chi connectivity index (χ1) is 10.4. The lowest BCUT2D eigenvalue weighted by molar-refractivity contribution is 0.0680. The maximum atomic E-state index is 10.1. The van der Waals surface area contributed by atoms with Crippen LogP contribution in [-0.4, -0.2) is 44.5 Å². The van der Waals surface area contributed by atoms with E-state index < -0.39 is 10.4 Å². The van der Waals surface area contributed by atoms with Crippen LogP contribution < -0.4 is 0 Å². The van der Waals surface area contributed by atoms with E-state index in [1.54, 1.807) is 0 Å². The van der Waals surface area contributed by atoms with Crippen LogP contribution in [0.5, 0.6) is 0 Å². The van der Waals surface area contributed by atoms with Gasteiger partial charge in [-0.2, -0.15) is 0 Å². The van der Waals surface area contributed by atoms with Crippen LogP contribution in [0.3, 0.4) is 0 Å². The normalized spacial score (nSPS) is 12.6. The number of ether oxygens (including phenoxy) is 1. The van der Waals surface area contributed by atoms with E-state index in [0.717, 1.165) is 32.1 Å². The average molecular weight is 341 g/mol. The minimum Gasteiger partial charge on any atom is -0.726 e. The molecular formula is C15H33O6S-. The molecule has 0 saturated carbocycles. The summed E-state index contributed by atoms with van der Waals surface area (Å²) in [6.45, 7) is 7.26. The highest BCUT2D eigenvalue weighted by atomic mass is 32.3. The smallest absolute Gasteiger partial charge is 0.217 e. The molecule has 0 heterocycles. The Morgan fingerprint density at radius 3 is 2.09 bits per heavy atom. The first kappa shape index (κ1) is 24.0. The van der Waals surface area contributed by atoms with Gasteiger partial charge < -0.3 is 14.4 Å². The van der Waals surface area contributed by atoms with Gasteiger partial charge in [0.25, 0.3) is 0 Å². The highest BCUT2D eigenvalue weighted by molar-refractivity contribution is 7.80. The third-order valence-corrected chi connectivity index (χ3v) is 3.57. The van der Waals surface area contributed by atoms with Crippen LogP contribution in [0, 0.1) is 5.92 Å². The molecule has 1 atom stereocenters. The molecule has 0 aromatic heterocycles. The fourth-order valence-electron chi connectivity index (χ4n) is 1.70. The molecule has 0 rings (SSSR count). The Morgan fingerprint density at radius 1 is 1.05 bits per heavy atom. The quantitative estimate of drug-likeness (QED) is 0.314. The van der Waals surface area contributed by atoms with E-state index in [4.69, 9.17) is 9.84 Å². The molecule has 0 fully saturated rings. The monoisotopic (exact) mass is 341 g/mol. The summed E-state index contributed by atoms with van der Waals surface area (Å²) in [6.07, 6.45) is 7.82. The largest absolute Gasteiger partial charge is 0.726 e. The SMILES string of the molecule is CCCCC(CC)COCCOS(=O)(=O)[O-].CCCCCO. The summed E-state index contributed by atoms with van der Waals surface area (Å²) in [6, 6.07) is 0. The maximum Gasteiger partial charge on any atom is 0.217 e. The molecule has 22 heavy (non-hydrogen) atoms. The summed E-state index contributed by atoms with van der Waals surface area (Å²) in [7, 11) is -4.57. The Bertz CT molecular complexity index is 301. The topological polar surface area (TPSA) is 95.9 Å². The molecule has 0 bridgehead atoms. The zero-order valence-corrected chi connectivity index (χ0v) is 15.1. The van der Waals surface area contributed by atoms with Crippen molar-refractivity contribution in [3.05, 3.63) is 0 Å². The summed E-state index contributed by atoms with van der Waals surface area (Å²) < 4.78 is 39.5. The molecule has 136 valence electrons. The molecule has 0 aliphatic rings. The van der Waals surface area contributed by atoms with Gasteiger partial charge in [-0.25, -0.2) is 8.42 Å². The Morgan fingerprint density at radius 2 is 1.68 bits per heavy atom. The minimum absolute atomic E-state index is 0.143. The van der Waals surface area contributed by atoms with E-state index in [1.807, 2.05) is 0 Å². The predicted octanol–water partition coefficient (Wildman–Crippen LogP) is 2.87. The summed E-state index contributed by atoms with van der Waals surface area (Å²) in [4.78, 5) is 0. The third kappa shape index (κ3) is 22.1. The molecule has 7 heteroatoms. The van der Waals surface area contributed by atoms with Gasteiger partial charge in [0, 0.05) is 13.2 Å². The van der Waals surface area contributed by atoms with E-state index in [2.05, 4.69) is 25.0 Å². The molecular weight excluding hydrogens is 308 g/mol. The summed E-state index contributed by atoms with van der Waals surface area (Å²) in [5, 5.41) is 8.20. The van der Waals surface area contributed by atoms with Gasteiger partial charge in [0.1, 0.15) is 0 Å². The van der Waals surface area contributed by atoms with Gasteiger partial charge in [-0.1, -0.05) is 52.9 Å². The van der Waals surface area contributed by atoms with Crippen molar-refractivity contribution in [1.29, 1.82) is 0 Å². The van der Waals surface area contributed by atoms with E-state index in [0.29, 0.717) is 19.1 Å². The van der Waals surface area contributed by atoms with E-state index in [9.17, 15) is 13.0 Å². The second-order valence-electron chi connectivity index (χ2n) is 5.15. The molecule has 1 unspecified atom stereocenters. The first-order valence-corrected chi connectivity index (χ1v) is 9.53. The van der Waals surface area contributed by atoms with Crippen molar-refractivity contribution in [3.8, 4) is 0 Å². The van der Waals surface area contributed by atoms with Crippen LogP contribution in [0.4, 0.5) is 0 Å². The van der Waals surface area contributed by atoms with Crippen molar-refractivity contribution < 1.29 is 27.0 Å². The molecule has 0 spiro atoms. The molecule has 0 aliphatic heterocycles. The van der Waals surface area contributed by atoms with Crippen molar-refractivity contribution in [2.24, 2.45) is 5.92 Å². The number of rotatable bonds is 13. The fraction of sp³-hybridized carbons (Fsp3) is 1.00. The molecule has 0 radical (unpaired) electrons. The Hall–Kier alpha value is -0.210. The molecule has 0 aromatic carbocycles. The van der Waals surface area contributed by atoms with Crippen LogP contribution in [0.25, 0.3) is 0 Å². The second kappa shape index (κ2) is 17.1. The number of aliphatic hydroxyl groups excluding tert-OH is 1. The van der Waals surface area contributed by atoms with Crippen molar-refractivity contribution in [3.63, 3.8) is 0 Å². The highest BCUT2D eigenvalue weighted by Gasteiger charge is 2.05. The summed E-state index contributed by atoms with van der Waals surface area (Å²) in [5.41, 5.74) is 0. The molecule has 1 N–H and O–H groups in total. The lowest BCUT2D eigenvalue weighted by Gasteiger charge is -2.14. The van der Waals surface area contributed by atoms with Crippen molar-refractivity contribution in [2.75, 3.05) is 26.4 Å². The second-order valence-corrected chi connectivity index (χ2v) is 6.20. The maximum absolute atomic E-state index is 10.1. The van der Waals surface area contributed by atoms with Gasteiger partial charge in [-0.15, -0.1) is 0 Å². The van der Waals surface area contributed by atoms with Gasteiger partial charge >= 0.3 is 0 Å². The number of hydrogen-bond donors (Lipinski definition) is 1. The van der Waals surface area contributed by atoms with Crippen molar-refractivity contribution in [2.45, 2.75) is 65.7 Å². The van der Waals surface area contributed by atoms with Crippen LogP contribution in [0.2, 0.25) is 0 Å². The van der Waals surface area contributed by atoms with Crippen LogP contribution in [0.1, 0.15) is 65.7 Å². The average Bonchev–Trinajstić information content (AvgIpc) is 2.47. The van der Waals surface area contributed by atoms with Gasteiger partial charge in [0.05, 0.1) is 13.2 Å². The van der Waals surface area contributed by atoms with Crippen molar-refractivity contribution >= 4 is 10.4 Å². The number of unbranched alkanes of at least 4 members (excludes halogenated alkanes) is 3. The van der Waals surface area contributed by atoms with E-state index >= 15 is 0 Å². The molecule has 0 saturated heterocycles. The predicted molar refractivity (Wildman–Crippen MR) is 86.4 cm³/mol. The number of hydrogen-bond acceptors (Lipinski definition) is 6. The standard InChI is InChI=1S/C10H22O5S.C5H12O/c1-3-5-6-10(4-2)9-14-7-8-15-16(11,12)13;1-2-3-4-5-6/h10H,3-9H2,1-2H3,(H,11,12,13);6H,2-5H2,1H3/p-1. The summed E-state index contributed by atoms with van der Waals surface area (Å²) >= 11 is 0. The highest BCUT2D eigenvalue weighted by Crippen LogP contribution is 2.12. The van der Waals surface area contributed by atoms with Crippen LogP contribution >= 0.6 is 0 Å². The Balaban J connectivity index is 0. The minimum atomic E-state index is -4.57. The molecule has 6 nitrogen and oxygen atoms in total. The first-order valence-electron chi connectivity index (χ1n) is 8.19. The van der Waals surface area contributed by atoms with E-state index in [-0.39, 0.29) is 13.2 Å². The van der Waals surface area contributed by atoms with Crippen molar-refractivity contribution in [1.82, 2.24) is 0 Å². The van der Waals surface area contributed by atoms with E-state index in [1.165, 1.54) is 12.8 Å². The molecule has 0 aromatic rings.